The highest BCUT2D eigenvalue weighted by Gasteiger charge is 2.06. The number of hydrogen-bond donors (Lipinski definition) is 1. The van der Waals surface area contributed by atoms with E-state index >= 15 is 0 Å². The second-order valence-electron chi connectivity index (χ2n) is 4.34. The summed E-state index contributed by atoms with van der Waals surface area (Å²) in [6.45, 7) is 2.16. The van der Waals surface area contributed by atoms with Crippen LogP contribution in [0.25, 0.3) is 0 Å². The van der Waals surface area contributed by atoms with Crippen molar-refractivity contribution >= 4 is 23.2 Å². The van der Waals surface area contributed by atoms with Gasteiger partial charge in [0.25, 0.3) is 0 Å². The standard InChI is InChI=1S/C14H19ClFNO/c1-2-3-4-5-6-7-14(18)17-13-9-8-11(16)10-12(13)15/h8-10H,2-7H2,1H3,(H,17,18). The Balaban J connectivity index is 2.31. The van der Waals surface area contributed by atoms with E-state index < -0.39 is 5.82 Å². The number of nitrogens with one attached hydrogen (secondary N) is 1. The van der Waals surface area contributed by atoms with Crippen molar-refractivity contribution in [1.29, 1.82) is 0 Å². The molecule has 0 spiro atoms. The highest BCUT2D eigenvalue weighted by molar-refractivity contribution is 6.33. The van der Waals surface area contributed by atoms with Crippen LogP contribution < -0.4 is 5.32 Å². The zero-order valence-corrected chi connectivity index (χ0v) is 11.4. The summed E-state index contributed by atoms with van der Waals surface area (Å²) >= 11 is 5.82. The van der Waals surface area contributed by atoms with Crippen molar-refractivity contribution in [2.75, 3.05) is 5.32 Å². The average Bonchev–Trinajstić information content (AvgIpc) is 2.32. The van der Waals surface area contributed by atoms with E-state index in [1.54, 1.807) is 0 Å². The number of halogens is 2. The van der Waals surface area contributed by atoms with Gasteiger partial charge in [0, 0.05) is 6.42 Å². The number of amides is 1. The first-order valence-corrected chi connectivity index (χ1v) is 6.76. The number of unbranched alkanes of at least 4 members (excludes halogenated alkanes) is 4. The maximum absolute atomic E-state index is 12.8. The molecule has 18 heavy (non-hydrogen) atoms. The van der Waals surface area contributed by atoms with E-state index in [9.17, 15) is 9.18 Å². The summed E-state index contributed by atoms with van der Waals surface area (Å²) < 4.78 is 12.8. The molecule has 0 aliphatic rings. The molecular formula is C14H19ClFNO. The lowest BCUT2D eigenvalue weighted by Gasteiger charge is -2.07. The summed E-state index contributed by atoms with van der Waals surface area (Å²) in [7, 11) is 0. The Morgan fingerprint density at radius 1 is 1.28 bits per heavy atom. The fourth-order valence-corrected chi connectivity index (χ4v) is 1.91. The van der Waals surface area contributed by atoms with Crippen LogP contribution >= 0.6 is 11.6 Å². The number of benzene rings is 1. The average molecular weight is 272 g/mol. The smallest absolute Gasteiger partial charge is 0.224 e. The summed E-state index contributed by atoms with van der Waals surface area (Å²) in [5.74, 6) is -0.474. The SMILES string of the molecule is CCCCCCCC(=O)Nc1ccc(F)cc1Cl. The Hall–Kier alpha value is -1.09. The van der Waals surface area contributed by atoms with Gasteiger partial charge >= 0.3 is 0 Å². The quantitative estimate of drug-likeness (QED) is 0.711. The van der Waals surface area contributed by atoms with Crippen LogP contribution in [0.15, 0.2) is 18.2 Å². The summed E-state index contributed by atoms with van der Waals surface area (Å²) in [6.07, 6.45) is 6.00. The second-order valence-corrected chi connectivity index (χ2v) is 4.74. The summed E-state index contributed by atoms with van der Waals surface area (Å²) in [5, 5.41) is 2.92. The lowest BCUT2D eigenvalue weighted by atomic mass is 10.1. The van der Waals surface area contributed by atoms with Gasteiger partial charge in [-0.3, -0.25) is 4.79 Å². The molecule has 1 rings (SSSR count). The van der Waals surface area contributed by atoms with Crippen molar-refractivity contribution < 1.29 is 9.18 Å². The maximum Gasteiger partial charge on any atom is 0.224 e. The third-order valence-corrected chi connectivity index (χ3v) is 3.03. The molecule has 0 fully saturated rings. The van der Waals surface area contributed by atoms with E-state index in [2.05, 4.69) is 12.2 Å². The normalized spacial score (nSPS) is 10.4. The van der Waals surface area contributed by atoms with Crippen LogP contribution in [0.5, 0.6) is 0 Å². The summed E-state index contributed by atoms with van der Waals surface area (Å²) in [5.41, 5.74) is 0.469. The van der Waals surface area contributed by atoms with Crippen LogP contribution in [0, 0.1) is 5.82 Å². The van der Waals surface area contributed by atoms with Gasteiger partial charge in [-0.2, -0.15) is 0 Å². The van der Waals surface area contributed by atoms with Crippen LogP contribution in [0.2, 0.25) is 5.02 Å². The van der Waals surface area contributed by atoms with Crippen LogP contribution in [0.3, 0.4) is 0 Å². The molecule has 0 aromatic heterocycles. The molecule has 0 heterocycles. The monoisotopic (exact) mass is 271 g/mol. The van der Waals surface area contributed by atoms with E-state index in [1.807, 2.05) is 0 Å². The fraction of sp³-hybridized carbons (Fsp3) is 0.500. The molecule has 0 saturated heterocycles. The van der Waals surface area contributed by atoms with Crippen LogP contribution in [0.1, 0.15) is 45.4 Å². The Morgan fingerprint density at radius 3 is 2.67 bits per heavy atom. The van der Waals surface area contributed by atoms with Gasteiger partial charge in [-0.05, 0) is 24.6 Å². The molecule has 1 aromatic rings. The molecule has 100 valence electrons. The number of carbonyl (C=O) groups excluding carboxylic acids is 1. The topological polar surface area (TPSA) is 29.1 Å². The zero-order chi connectivity index (χ0) is 13.4. The van der Waals surface area contributed by atoms with Crippen molar-refractivity contribution in [3.05, 3.63) is 29.0 Å². The molecule has 1 N–H and O–H groups in total. The second kappa shape index (κ2) is 8.09. The van der Waals surface area contributed by atoms with E-state index in [1.165, 1.54) is 37.5 Å². The summed E-state index contributed by atoms with van der Waals surface area (Å²) in [4.78, 5) is 11.6. The predicted octanol–water partition coefficient (Wildman–Crippen LogP) is 4.78. The van der Waals surface area contributed by atoms with Gasteiger partial charge in [-0.25, -0.2) is 4.39 Å². The zero-order valence-electron chi connectivity index (χ0n) is 10.6. The lowest BCUT2D eigenvalue weighted by molar-refractivity contribution is -0.116. The maximum atomic E-state index is 12.8. The molecule has 0 radical (unpaired) electrons. The Bertz CT molecular complexity index is 395. The van der Waals surface area contributed by atoms with Gasteiger partial charge in [0.2, 0.25) is 5.91 Å². The first-order valence-electron chi connectivity index (χ1n) is 6.38. The Labute approximate surface area is 113 Å². The first-order chi connectivity index (χ1) is 8.63. The molecular weight excluding hydrogens is 253 g/mol. The molecule has 0 aliphatic heterocycles. The number of rotatable bonds is 7. The van der Waals surface area contributed by atoms with Crippen molar-refractivity contribution in [1.82, 2.24) is 0 Å². The molecule has 4 heteroatoms. The third kappa shape index (κ3) is 5.50. The van der Waals surface area contributed by atoms with Gasteiger partial charge in [0.05, 0.1) is 10.7 Å². The molecule has 0 aliphatic carbocycles. The van der Waals surface area contributed by atoms with Gasteiger partial charge in [-0.1, -0.05) is 44.2 Å². The minimum absolute atomic E-state index is 0.0694. The van der Waals surface area contributed by atoms with Crippen molar-refractivity contribution in [2.24, 2.45) is 0 Å². The van der Waals surface area contributed by atoms with Crippen molar-refractivity contribution in [3.8, 4) is 0 Å². The van der Waals surface area contributed by atoms with Gasteiger partial charge < -0.3 is 5.32 Å². The number of anilines is 1. The summed E-state index contributed by atoms with van der Waals surface area (Å²) in [6, 6.07) is 3.95. The fourth-order valence-electron chi connectivity index (χ4n) is 1.69. The minimum Gasteiger partial charge on any atom is -0.325 e. The highest BCUT2D eigenvalue weighted by Crippen LogP contribution is 2.22. The Kier molecular flexibility index (Phi) is 6.73. The largest absolute Gasteiger partial charge is 0.325 e. The van der Waals surface area contributed by atoms with E-state index in [0.717, 1.165) is 12.8 Å². The van der Waals surface area contributed by atoms with Crippen molar-refractivity contribution in [3.63, 3.8) is 0 Å². The van der Waals surface area contributed by atoms with Crippen LogP contribution in [-0.2, 0) is 4.79 Å². The lowest BCUT2D eigenvalue weighted by Crippen LogP contribution is -2.11. The molecule has 0 unspecified atom stereocenters. The number of hydrogen-bond acceptors (Lipinski definition) is 1. The third-order valence-electron chi connectivity index (χ3n) is 2.71. The molecule has 0 bridgehead atoms. The molecule has 0 saturated carbocycles. The van der Waals surface area contributed by atoms with Gasteiger partial charge in [0.15, 0.2) is 0 Å². The predicted molar refractivity (Wildman–Crippen MR) is 73.4 cm³/mol. The molecule has 1 amide bonds. The van der Waals surface area contributed by atoms with E-state index in [0.29, 0.717) is 12.1 Å². The van der Waals surface area contributed by atoms with E-state index in [-0.39, 0.29) is 10.9 Å². The molecule has 2 nitrogen and oxygen atoms in total. The van der Waals surface area contributed by atoms with Crippen LogP contribution in [0.4, 0.5) is 10.1 Å². The van der Waals surface area contributed by atoms with Crippen LogP contribution in [-0.4, -0.2) is 5.91 Å². The van der Waals surface area contributed by atoms with Crippen molar-refractivity contribution in [2.45, 2.75) is 45.4 Å². The highest BCUT2D eigenvalue weighted by atomic mass is 35.5. The number of carbonyl (C=O) groups is 1. The Morgan fingerprint density at radius 2 is 2.00 bits per heavy atom. The van der Waals surface area contributed by atoms with Gasteiger partial charge in [0.1, 0.15) is 5.82 Å². The minimum atomic E-state index is -0.405. The van der Waals surface area contributed by atoms with Gasteiger partial charge in [-0.15, -0.1) is 0 Å². The van der Waals surface area contributed by atoms with E-state index in [4.69, 9.17) is 11.6 Å². The molecule has 0 atom stereocenters. The molecule has 1 aromatic carbocycles. The first kappa shape index (κ1) is 15.0.